The normalized spacial score (nSPS) is 29.0. The van der Waals surface area contributed by atoms with Gasteiger partial charge in [-0.15, -0.1) is 0 Å². The van der Waals surface area contributed by atoms with Crippen LogP contribution in [0.25, 0.3) is 0 Å². The Morgan fingerprint density at radius 1 is 1.03 bits per heavy atom. The minimum atomic E-state index is -0.142. The van der Waals surface area contributed by atoms with Gasteiger partial charge in [0.05, 0.1) is 23.8 Å². The molecule has 3 fully saturated rings. The summed E-state index contributed by atoms with van der Waals surface area (Å²) < 4.78 is 0. The number of amides is 2. The number of fused-ring (bicyclic) bond motifs is 1. The monoisotopic (exact) mass is 412 g/mol. The van der Waals surface area contributed by atoms with E-state index in [9.17, 15) is 14.4 Å². The maximum absolute atomic E-state index is 13.0. The van der Waals surface area contributed by atoms with Crippen LogP contribution in [0.1, 0.15) is 81.4 Å². The Morgan fingerprint density at radius 3 is 2.50 bits per heavy atom. The van der Waals surface area contributed by atoms with Gasteiger partial charge in [-0.1, -0.05) is 19.8 Å². The van der Waals surface area contributed by atoms with Crippen LogP contribution in [0.5, 0.6) is 0 Å². The number of carbonyl (C=O) groups is 2. The Bertz CT molecular complexity index is 904. The first kappa shape index (κ1) is 19.8. The Balaban J connectivity index is 1.37. The fourth-order valence-corrected chi connectivity index (χ4v) is 5.58. The molecule has 2 aliphatic carbocycles. The van der Waals surface area contributed by atoms with E-state index in [2.05, 4.69) is 11.9 Å². The van der Waals surface area contributed by atoms with Crippen LogP contribution in [0.4, 0.5) is 0 Å². The van der Waals surface area contributed by atoms with Crippen molar-refractivity contribution >= 4 is 11.8 Å². The molecular weight excluding hydrogens is 380 g/mol. The molecule has 1 aromatic heterocycles. The fraction of sp³-hybridized carbons (Fsp3) is 0.739. The molecule has 2 saturated carbocycles. The number of carbonyl (C=O) groups excluding carboxylic acids is 2. The molecule has 162 valence electrons. The molecule has 1 aromatic rings. The van der Waals surface area contributed by atoms with Gasteiger partial charge in [0, 0.05) is 31.3 Å². The molecule has 7 nitrogen and oxygen atoms in total. The number of aromatic nitrogens is 2. The van der Waals surface area contributed by atoms with Crippen LogP contribution in [-0.2, 0) is 22.6 Å². The van der Waals surface area contributed by atoms with Crippen LogP contribution >= 0.6 is 0 Å². The molecule has 0 unspecified atom stereocenters. The van der Waals surface area contributed by atoms with E-state index in [0.717, 1.165) is 63.6 Å². The number of hydrogen-bond acceptors (Lipinski definition) is 4. The third kappa shape index (κ3) is 3.56. The van der Waals surface area contributed by atoms with E-state index < -0.39 is 0 Å². The van der Waals surface area contributed by atoms with E-state index in [1.165, 1.54) is 0 Å². The number of rotatable bonds is 3. The van der Waals surface area contributed by atoms with Crippen LogP contribution in [-0.4, -0.2) is 44.7 Å². The number of nitrogens with one attached hydrogen (secondary N) is 1. The maximum Gasteiger partial charge on any atom is 0.256 e. The first-order valence-corrected chi connectivity index (χ1v) is 11.7. The second kappa shape index (κ2) is 7.82. The molecular formula is C23H32N4O3. The Morgan fingerprint density at radius 2 is 1.77 bits per heavy atom. The van der Waals surface area contributed by atoms with Crippen molar-refractivity contribution in [1.82, 2.24) is 19.8 Å². The predicted octanol–water partition coefficient (Wildman–Crippen LogP) is 2.55. The number of hydrogen-bond donors (Lipinski definition) is 1. The third-order valence-corrected chi connectivity index (χ3v) is 7.63. The quantitative estimate of drug-likeness (QED) is 0.827. The van der Waals surface area contributed by atoms with E-state index in [1.807, 2.05) is 9.80 Å². The second-order valence-electron chi connectivity index (χ2n) is 9.73. The summed E-state index contributed by atoms with van der Waals surface area (Å²) in [6.45, 7) is 3.86. The summed E-state index contributed by atoms with van der Waals surface area (Å²) in [5, 5.41) is 0. The van der Waals surface area contributed by atoms with Crippen LogP contribution in [0.15, 0.2) is 4.79 Å². The van der Waals surface area contributed by atoms with Crippen molar-refractivity contribution in [1.29, 1.82) is 0 Å². The zero-order chi connectivity index (χ0) is 20.8. The van der Waals surface area contributed by atoms with Gasteiger partial charge < -0.3 is 14.8 Å². The zero-order valence-electron chi connectivity index (χ0n) is 17.9. The highest BCUT2D eigenvalue weighted by Gasteiger charge is 2.44. The highest BCUT2D eigenvalue weighted by molar-refractivity contribution is 5.82. The van der Waals surface area contributed by atoms with Gasteiger partial charge in [0.2, 0.25) is 11.8 Å². The van der Waals surface area contributed by atoms with Crippen molar-refractivity contribution in [2.45, 2.75) is 77.3 Å². The molecule has 5 rings (SSSR count). The van der Waals surface area contributed by atoms with Gasteiger partial charge in [-0.2, -0.15) is 0 Å². The fourth-order valence-electron chi connectivity index (χ4n) is 5.58. The molecule has 4 aliphatic rings. The summed E-state index contributed by atoms with van der Waals surface area (Å²) in [6, 6.07) is -0.129. The largest absolute Gasteiger partial charge is 0.337 e. The van der Waals surface area contributed by atoms with Crippen LogP contribution in [0, 0.1) is 17.8 Å². The molecule has 0 radical (unpaired) electrons. The lowest BCUT2D eigenvalue weighted by Gasteiger charge is -2.36. The third-order valence-electron chi connectivity index (χ3n) is 7.63. The standard InChI is InChI=1S/C23H32N4O3/c1-14-12-16(14)23(30)27-10-5-4-8-19(27)20-24-18-9-11-26(13-17(18)21(28)25-20)22(29)15-6-2-3-7-15/h14-16,19H,2-13H2,1H3,(H,24,25,28)/t14-,16+,19+/m1/s1. The van der Waals surface area contributed by atoms with Gasteiger partial charge in [0.1, 0.15) is 5.82 Å². The molecule has 0 spiro atoms. The molecule has 0 aromatic carbocycles. The van der Waals surface area contributed by atoms with Crippen molar-refractivity contribution in [2.24, 2.45) is 17.8 Å². The Labute approximate surface area is 177 Å². The molecule has 0 bridgehead atoms. The number of aromatic amines is 1. The molecule has 2 amide bonds. The first-order valence-electron chi connectivity index (χ1n) is 11.7. The molecule has 3 heterocycles. The van der Waals surface area contributed by atoms with Crippen LogP contribution in [0.3, 0.4) is 0 Å². The van der Waals surface area contributed by atoms with Crippen LogP contribution in [0.2, 0.25) is 0 Å². The lowest BCUT2D eigenvalue weighted by Crippen LogP contribution is -2.44. The number of nitrogens with zero attached hydrogens (tertiary/aromatic N) is 3. The first-order chi connectivity index (χ1) is 14.5. The number of likely N-dealkylation sites (tertiary alicyclic amines) is 1. The Hall–Kier alpha value is -2.18. The SMILES string of the molecule is C[C@@H]1C[C@@H]1C(=O)N1CCCC[C@H]1c1nc2c(c(=O)[nH]1)CN(C(=O)C1CCCC1)CC2. The van der Waals surface area contributed by atoms with Crippen LogP contribution < -0.4 is 5.56 Å². The van der Waals surface area contributed by atoms with Gasteiger partial charge in [0.15, 0.2) is 0 Å². The van der Waals surface area contributed by atoms with E-state index in [4.69, 9.17) is 4.98 Å². The highest BCUT2D eigenvalue weighted by atomic mass is 16.2. The molecule has 1 N–H and O–H groups in total. The smallest absolute Gasteiger partial charge is 0.256 e. The second-order valence-corrected chi connectivity index (χ2v) is 9.73. The van der Waals surface area contributed by atoms with Gasteiger partial charge >= 0.3 is 0 Å². The summed E-state index contributed by atoms with van der Waals surface area (Å²) in [5.74, 6) is 1.80. The molecule has 30 heavy (non-hydrogen) atoms. The van der Waals surface area contributed by atoms with E-state index >= 15 is 0 Å². The van der Waals surface area contributed by atoms with Crippen molar-refractivity contribution in [3.8, 4) is 0 Å². The minimum absolute atomic E-state index is 0.129. The number of H-pyrrole nitrogens is 1. The van der Waals surface area contributed by atoms with Crippen molar-refractivity contribution in [3.05, 3.63) is 27.4 Å². The average Bonchev–Trinajstić information content (AvgIpc) is 3.25. The van der Waals surface area contributed by atoms with Gasteiger partial charge in [-0.25, -0.2) is 4.98 Å². The average molecular weight is 413 g/mol. The summed E-state index contributed by atoms with van der Waals surface area (Å²) in [5.41, 5.74) is 1.29. The summed E-state index contributed by atoms with van der Waals surface area (Å²) in [6.07, 6.45) is 8.69. The minimum Gasteiger partial charge on any atom is -0.337 e. The van der Waals surface area contributed by atoms with Crippen molar-refractivity contribution in [3.63, 3.8) is 0 Å². The molecule has 2 aliphatic heterocycles. The molecule has 1 saturated heterocycles. The maximum atomic E-state index is 13.0. The van der Waals surface area contributed by atoms with Crippen molar-refractivity contribution in [2.75, 3.05) is 13.1 Å². The van der Waals surface area contributed by atoms with E-state index in [1.54, 1.807) is 0 Å². The molecule has 3 atom stereocenters. The zero-order valence-corrected chi connectivity index (χ0v) is 17.9. The van der Waals surface area contributed by atoms with Gasteiger partial charge in [-0.05, 0) is 44.4 Å². The summed E-state index contributed by atoms with van der Waals surface area (Å²) in [4.78, 5) is 50.3. The van der Waals surface area contributed by atoms with E-state index in [0.29, 0.717) is 36.8 Å². The summed E-state index contributed by atoms with van der Waals surface area (Å²) in [7, 11) is 0. The lowest BCUT2D eigenvalue weighted by atomic mass is 9.99. The highest BCUT2D eigenvalue weighted by Crippen LogP contribution is 2.42. The molecule has 7 heteroatoms. The van der Waals surface area contributed by atoms with Gasteiger partial charge in [0.25, 0.3) is 5.56 Å². The topological polar surface area (TPSA) is 86.4 Å². The van der Waals surface area contributed by atoms with Crippen molar-refractivity contribution < 1.29 is 9.59 Å². The van der Waals surface area contributed by atoms with E-state index in [-0.39, 0.29) is 35.3 Å². The number of piperidine rings is 1. The van der Waals surface area contributed by atoms with Gasteiger partial charge in [-0.3, -0.25) is 14.4 Å². The lowest BCUT2D eigenvalue weighted by molar-refractivity contribution is -0.137. The predicted molar refractivity (Wildman–Crippen MR) is 112 cm³/mol. The Kier molecular flexibility index (Phi) is 5.15. The summed E-state index contributed by atoms with van der Waals surface area (Å²) >= 11 is 0.